The third-order valence-corrected chi connectivity index (χ3v) is 4.36. The van der Waals surface area contributed by atoms with Crippen LogP contribution in [0.5, 0.6) is 5.75 Å². The van der Waals surface area contributed by atoms with Gasteiger partial charge in [-0.25, -0.2) is 0 Å². The summed E-state index contributed by atoms with van der Waals surface area (Å²) < 4.78 is 5.48. The molecule has 0 spiro atoms. The van der Waals surface area contributed by atoms with Crippen molar-refractivity contribution in [3.63, 3.8) is 0 Å². The highest BCUT2D eigenvalue weighted by Crippen LogP contribution is 2.28. The number of piperazine rings is 1. The van der Waals surface area contributed by atoms with Crippen molar-refractivity contribution < 1.29 is 4.74 Å². The van der Waals surface area contributed by atoms with Crippen LogP contribution in [0.2, 0.25) is 0 Å². The van der Waals surface area contributed by atoms with Crippen molar-refractivity contribution in [1.82, 2.24) is 10.2 Å². The maximum atomic E-state index is 5.48. The Balaban J connectivity index is 1.93. The first-order chi connectivity index (χ1) is 10.3. The Hall–Kier alpha value is -1.26. The molecule has 0 aliphatic carbocycles. The highest BCUT2D eigenvalue weighted by atomic mass is 16.5. The second kappa shape index (κ2) is 8.25. The molecule has 4 nitrogen and oxygen atoms in total. The van der Waals surface area contributed by atoms with Crippen LogP contribution in [0.4, 0.5) is 5.69 Å². The molecule has 21 heavy (non-hydrogen) atoms. The molecule has 0 amide bonds. The number of hydrogen-bond acceptors (Lipinski definition) is 4. The molecule has 0 saturated carbocycles. The SMILES string of the molecule is CCNCC(CC)N1CCN(c2ccccc2OC)CC1. The number of ether oxygens (including phenoxy) is 1. The lowest BCUT2D eigenvalue weighted by molar-refractivity contribution is 0.176. The van der Waals surface area contributed by atoms with Gasteiger partial charge in [0.1, 0.15) is 5.75 Å². The number of methoxy groups -OCH3 is 1. The molecule has 1 fully saturated rings. The summed E-state index contributed by atoms with van der Waals surface area (Å²) in [7, 11) is 1.75. The summed E-state index contributed by atoms with van der Waals surface area (Å²) in [4.78, 5) is 5.06. The fourth-order valence-electron chi connectivity index (χ4n) is 3.06. The van der Waals surface area contributed by atoms with Crippen LogP contribution < -0.4 is 15.0 Å². The topological polar surface area (TPSA) is 27.7 Å². The minimum Gasteiger partial charge on any atom is -0.495 e. The van der Waals surface area contributed by atoms with Crippen molar-refractivity contribution in [2.45, 2.75) is 26.3 Å². The average molecular weight is 291 g/mol. The molecule has 4 heteroatoms. The largest absolute Gasteiger partial charge is 0.495 e. The number of benzene rings is 1. The number of hydrogen-bond donors (Lipinski definition) is 1. The van der Waals surface area contributed by atoms with Crippen LogP contribution in [0.3, 0.4) is 0 Å². The molecule has 1 heterocycles. The normalized spacial score (nSPS) is 17.8. The van der Waals surface area contributed by atoms with Crippen molar-refractivity contribution in [2.24, 2.45) is 0 Å². The monoisotopic (exact) mass is 291 g/mol. The number of rotatable bonds is 7. The van der Waals surface area contributed by atoms with E-state index in [9.17, 15) is 0 Å². The molecule has 118 valence electrons. The lowest BCUT2D eigenvalue weighted by atomic mass is 10.1. The first kappa shape index (κ1) is 16.1. The number of nitrogens with zero attached hydrogens (tertiary/aromatic N) is 2. The molecule has 0 bridgehead atoms. The van der Waals surface area contributed by atoms with Gasteiger partial charge in [0.05, 0.1) is 12.8 Å². The Kier molecular flexibility index (Phi) is 6.33. The van der Waals surface area contributed by atoms with Crippen LogP contribution in [-0.4, -0.2) is 57.3 Å². The molecule has 1 aromatic rings. The van der Waals surface area contributed by atoms with Gasteiger partial charge >= 0.3 is 0 Å². The van der Waals surface area contributed by atoms with Crippen LogP contribution in [0.15, 0.2) is 24.3 Å². The van der Waals surface area contributed by atoms with E-state index in [1.165, 1.54) is 12.1 Å². The van der Waals surface area contributed by atoms with Crippen LogP contribution in [0.25, 0.3) is 0 Å². The van der Waals surface area contributed by atoms with E-state index in [4.69, 9.17) is 4.74 Å². The van der Waals surface area contributed by atoms with E-state index < -0.39 is 0 Å². The average Bonchev–Trinajstić information content (AvgIpc) is 2.56. The predicted octanol–water partition coefficient (Wildman–Crippen LogP) is 2.21. The van der Waals surface area contributed by atoms with Crippen molar-refractivity contribution in [3.05, 3.63) is 24.3 Å². The molecule has 0 radical (unpaired) electrons. The van der Waals surface area contributed by atoms with Crippen molar-refractivity contribution in [3.8, 4) is 5.75 Å². The van der Waals surface area contributed by atoms with E-state index in [1.54, 1.807) is 7.11 Å². The predicted molar refractivity (Wildman–Crippen MR) is 89.4 cm³/mol. The number of likely N-dealkylation sites (N-methyl/N-ethyl adjacent to an activating group) is 1. The van der Waals surface area contributed by atoms with Gasteiger partial charge < -0.3 is 15.0 Å². The fourth-order valence-corrected chi connectivity index (χ4v) is 3.06. The van der Waals surface area contributed by atoms with Gasteiger partial charge in [-0.15, -0.1) is 0 Å². The standard InChI is InChI=1S/C17H29N3O/c1-4-15(14-18-5-2)19-10-12-20(13-11-19)16-8-6-7-9-17(16)21-3/h6-9,15,18H,4-5,10-14H2,1-3H3. The number of para-hydroxylation sites is 2. The van der Waals surface area contributed by atoms with E-state index in [0.29, 0.717) is 6.04 Å². The van der Waals surface area contributed by atoms with Crippen molar-refractivity contribution in [1.29, 1.82) is 0 Å². The first-order valence-electron chi connectivity index (χ1n) is 8.12. The lowest BCUT2D eigenvalue weighted by Gasteiger charge is -2.40. The van der Waals surface area contributed by atoms with E-state index in [2.05, 4.69) is 41.1 Å². The molecular weight excluding hydrogens is 262 g/mol. The molecule has 1 aliphatic rings. The second-order valence-electron chi connectivity index (χ2n) is 5.56. The first-order valence-corrected chi connectivity index (χ1v) is 8.12. The maximum Gasteiger partial charge on any atom is 0.142 e. The summed E-state index contributed by atoms with van der Waals surface area (Å²) in [6.45, 7) is 11.0. The Morgan fingerprint density at radius 1 is 1.14 bits per heavy atom. The molecule has 1 atom stereocenters. The minimum atomic E-state index is 0.657. The number of anilines is 1. The van der Waals surface area contributed by atoms with Gasteiger partial charge in [0.2, 0.25) is 0 Å². The van der Waals surface area contributed by atoms with E-state index in [-0.39, 0.29) is 0 Å². The quantitative estimate of drug-likeness (QED) is 0.833. The summed E-state index contributed by atoms with van der Waals surface area (Å²) >= 11 is 0. The van der Waals surface area contributed by atoms with Crippen molar-refractivity contribution >= 4 is 5.69 Å². The molecule has 1 saturated heterocycles. The lowest BCUT2D eigenvalue weighted by Crippen LogP contribution is -2.52. The second-order valence-corrected chi connectivity index (χ2v) is 5.56. The highest BCUT2D eigenvalue weighted by molar-refractivity contribution is 5.58. The third-order valence-electron chi connectivity index (χ3n) is 4.36. The van der Waals surface area contributed by atoms with Gasteiger partial charge in [-0.05, 0) is 25.1 Å². The minimum absolute atomic E-state index is 0.657. The number of nitrogens with one attached hydrogen (secondary N) is 1. The van der Waals surface area contributed by atoms with Crippen LogP contribution in [-0.2, 0) is 0 Å². The van der Waals surface area contributed by atoms with Gasteiger partial charge in [0.25, 0.3) is 0 Å². The smallest absolute Gasteiger partial charge is 0.142 e. The van der Waals surface area contributed by atoms with Gasteiger partial charge in [0, 0.05) is 38.8 Å². The van der Waals surface area contributed by atoms with Gasteiger partial charge in [-0.2, -0.15) is 0 Å². The Morgan fingerprint density at radius 2 is 1.86 bits per heavy atom. The van der Waals surface area contributed by atoms with Gasteiger partial charge in [0.15, 0.2) is 0 Å². The van der Waals surface area contributed by atoms with E-state index >= 15 is 0 Å². The Morgan fingerprint density at radius 3 is 2.48 bits per heavy atom. The third kappa shape index (κ3) is 4.11. The van der Waals surface area contributed by atoms with Gasteiger partial charge in [-0.3, -0.25) is 4.90 Å². The molecule has 1 N–H and O–H groups in total. The Labute approximate surface area is 129 Å². The van der Waals surface area contributed by atoms with Crippen molar-refractivity contribution in [2.75, 3.05) is 51.3 Å². The fraction of sp³-hybridized carbons (Fsp3) is 0.647. The van der Waals surface area contributed by atoms with E-state index in [1.807, 2.05) is 12.1 Å². The highest BCUT2D eigenvalue weighted by Gasteiger charge is 2.23. The summed E-state index contributed by atoms with van der Waals surface area (Å²) in [5.74, 6) is 0.977. The van der Waals surface area contributed by atoms with Crippen LogP contribution in [0.1, 0.15) is 20.3 Å². The zero-order chi connectivity index (χ0) is 15.1. The Bertz CT molecular complexity index is 416. The molecule has 2 rings (SSSR count). The molecule has 0 aromatic heterocycles. The van der Waals surface area contributed by atoms with Gasteiger partial charge in [-0.1, -0.05) is 26.0 Å². The summed E-state index contributed by atoms with van der Waals surface area (Å²) in [6.07, 6.45) is 1.21. The zero-order valence-electron chi connectivity index (χ0n) is 13.6. The molecule has 1 aromatic carbocycles. The zero-order valence-corrected chi connectivity index (χ0v) is 13.6. The summed E-state index contributed by atoms with van der Waals surface area (Å²) in [5.41, 5.74) is 1.22. The molecule has 1 aliphatic heterocycles. The maximum absolute atomic E-state index is 5.48. The molecule has 1 unspecified atom stereocenters. The van der Waals surface area contributed by atoms with Crippen LogP contribution in [0, 0.1) is 0 Å². The summed E-state index contributed by atoms with van der Waals surface area (Å²) in [5, 5.41) is 3.48. The van der Waals surface area contributed by atoms with Crippen LogP contribution >= 0.6 is 0 Å². The van der Waals surface area contributed by atoms with E-state index in [0.717, 1.165) is 45.0 Å². The summed E-state index contributed by atoms with van der Waals surface area (Å²) in [6, 6.07) is 8.98. The molecular formula is C17H29N3O.